The van der Waals surface area contributed by atoms with Crippen molar-refractivity contribution in [2.75, 3.05) is 0 Å². The van der Waals surface area contributed by atoms with Gasteiger partial charge in [0, 0.05) is 32.6 Å². The number of benzene rings is 8. The Morgan fingerprint density at radius 1 is 0.367 bits per heavy atom. The van der Waals surface area contributed by atoms with Crippen LogP contribution in [0.2, 0.25) is 0 Å². The maximum absolute atomic E-state index is 6.40. The Kier molecular flexibility index (Phi) is 5.38. The zero-order valence-electron chi connectivity index (χ0n) is 26.5. The highest BCUT2D eigenvalue weighted by Crippen LogP contribution is 2.44. The van der Waals surface area contributed by atoms with Crippen molar-refractivity contribution in [1.82, 2.24) is 9.13 Å². The van der Waals surface area contributed by atoms with Crippen molar-refractivity contribution < 1.29 is 4.42 Å². The predicted octanol–water partition coefficient (Wildman–Crippen LogP) is 12.6. The Labute approximate surface area is 281 Å². The van der Waals surface area contributed by atoms with Crippen LogP contribution in [0.25, 0.3) is 98.8 Å². The number of fused-ring (bicyclic) bond motifs is 11. The van der Waals surface area contributed by atoms with Gasteiger partial charge in [-0.2, -0.15) is 0 Å². The summed E-state index contributed by atoms with van der Waals surface area (Å²) in [6, 6.07) is 61.3. The largest absolute Gasteiger partial charge is 0.456 e. The molecule has 0 aliphatic carbocycles. The topological polar surface area (TPSA) is 23.0 Å². The maximum atomic E-state index is 6.40. The van der Waals surface area contributed by atoms with Gasteiger partial charge < -0.3 is 13.6 Å². The summed E-state index contributed by atoms with van der Waals surface area (Å²) in [6.07, 6.45) is 0. The van der Waals surface area contributed by atoms with Crippen molar-refractivity contribution in [3.05, 3.63) is 170 Å². The Morgan fingerprint density at radius 3 is 1.73 bits per heavy atom. The molecule has 3 heteroatoms. The number of rotatable bonds is 3. The SMILES string of the molecule is c1ccc2cc(-c3ccc(-n4c5ccccc5c5ccc6c7ccccc7n(-c7cccc8oc9ccccc9c78)c6c54)cc3)ccc2c1. The molecule has 8 aromatic carbocycles. The molecule has 0 amide bonds. The minimum Gasteiger partial charge on any atom is -0.456 e. The molecule has 0 fully saturated rings. The van der Waals surface area contributed by atoms with E-state index in [1.54, 1.807) is 0 Å². The van der Waals surface area contributed by atoms with E-state index in [1.807, 2.05) is 6.07 Å². The second-order valence-corrected chi connectivity index (χ2v) is 12.9. The highest BCUT2D eigenvalue weighted by Gasteiger charge is 2.23. The molecule has 49 heavy (non-hydrogen) atoms. The van der Waals surface area contributed by atoms with Gasteiger partial charge in [0.1, 0.15) is 11.2 Å². The van der Waals surface area contributed by atoms with Crippen LogP contribution in [0.15, 0.2) is 174 Å². The average molecular weight is 625 g/mol. The fourth-order valence-electron chi connectivity index (χ4n) is 8.13. The van der Waals surface area contributed by atoms with Crippen molar-refractivity contribution in [3.8, 4) is 22.5 Å². The van der Waals surface area contributed by atoms with Crippen LogP contribution in [0.4, 0.5) is 0 Å². The third-order valence-electron chi connectivity index (χ3n) is 10.3. The van der Waals surface area contributed by atoms with Gasteiger partial charge in [0.15, 0.2) is 0 Å². The minimum absolute atomic E-state index is 0.890. The van der Waals surface area contributed by atoms with E-state index in [-0.39, 0.29) is 0 Å². The lowest BCUT2D eigenvalue weighted by atomic mass is 10.0. The molecule has 0 radical (unpaired) electrons. The van der Waals surface area contributed by atoms with Gasteiger partial charge in [-0.25, -0.2) is 0 Å². The molecule has 3 aromatic heterocycles. The summed E-state index contributed by atoms with van der Waals surface area (Å²) in [6.45, 7) is 0. The van der Waals surface area contributed by atoms with Crippen LogP contribution in [-0.2, 0) is 0 Å². The molecule has 0 spiro atoms. The standard InChI is InChI=1S/C46H28N2O/c1-2-11-31-28-32(21-20-29(31)10-1)30-22-24-33(25-23-30)47-39-15-6-3-12-34(39)36-26-27-37-35-13-4-7-16-40(35)48(46(37)45(36)47)41-17-9-19-43-44(41)38-14-5-8-18-42(38)49-43/h1-28H. The smallest absolute Gasteiger partial charge is 0.137 e. The van der Waals surface area contributed by atoms with Crippen molar-refractivity contribution in [3.63, 3.8) is 0 Å². The highest BCUT2D eigenvalue weighted by molar-refractivity contribution is 6.24. The van der Waals surface area contributed by atoms with E-state index in [0.717, 1.165) is 33.3 Å². The summed E-state index contributed by atoms with van der Waals surface area (Å²) in [7, 11) is 0. The van der Waals surface area contributed by atoms with Gasteiger partial charge in [-0.05, 0) is 70.4 Å². The van der Waals surface area contributed by atoms with Gasteiger partial charge in [0.05, 0.1) is 33.1 Å². The lowest BCUT2D eigenvalue weighted by Gasteiger charge is -2.14. The van der Waals surface area contributed by atoms with Crippen molar-refractivity contribution >= 4 is 76.3 Å². The van der Waals surface area contributed by atoms with E-state index in [1.165, 1.54) is 65.5 Å². The molecular formula is C46H28N2O. The summed E-state index contributed by atoms with van der Waals surface area (Å²) in [4.78, 5) is 0. The summed E-state index contributed by atoms with van der Waals surface area (Å²) >= 11 is 0. The Balaban J connectivity index is 1.24. The normalized spacial score (nSPS) is 12.1. The van der Waals surface area contributed by atoms with Gasteiger partial charge in [-0.3, -0.25) is 0 Å². The number of hydrogen-bond donors (Lipinski definition) is 0. The van der Waals surface area contributed by atoms with Crippen LogP contribution in [0, 0.1) is 0 Å². The first-order valence-electron chi connectivity index (χ1n) is 16.8. The summed E-state index contributed by atoms with van der Waals surface area (Å²) in [5, 5.41) is 9.68. The molecule has 0 aliphatic rings. The van der Waals surface area contributed by atoms with Crippen LogP contribution < -0.4 is 0 Å². The lowest BCUT2D eigenvalue weighted by molar-refractivity contribution is 0.669. The number of nitrogens with zero attached hydrogens (tertiary/aromatic N) is 2. The first-order valence-corrected chi connectivity index (χ1v) is 16.8. The zero-order chi connectivity index (χ0) is 32.1. The van der Waals surface area contributed by atoms with Crippen LogP contribution in [0.5, 0.6) is 0 Å². The lowest BCUT2D eigenvalue weighted by Crippen LogP contribution is -1.99. The Hall–Kier alpha value is -6.58. The first kappa shape index (κ1) is 26.5. The van der Waals surface area contributed by atoms with Crippen molar-refractivity contribution in [2.24, 2.45) is 0 Å². The molecule has 0 N–H and O–H groups in total. The Morgan fingerprint density at radius 2 is 0.959 bits per heavy atom. The van der Waals surface area contributed by atoms with Gasteiger partial charge in [0.25, 0.3) is 0 Å². The Bertz CT molecular complexity index is 3100. The molecule has 228 valence electrons. The van der Waals surface area contributed by atoms with Crippen LogP contribution in [0.1, 0.15) is 0 Å². The molecule has 0 bridgehead atoms. The molecular weight excluding hydrogens is 597 g/mol. The third kappa shape index (κ3) is 3.73. The van der Waals surface area contributed by atoms with E-state index < -0.39 is 0 Å². The zero-order valence-corrected chi connectivity index (χ0v) is 26.5. The fourth-order valence-corrected chi connectivity index (χ4v) is 8.13. The molecule has 0 saturated heterocycles. The van der Waals surface area contributed by atoms with E-state index in [4.69, 9.17) is 4.42 Å². The molecule has 0 aliphatic heterocycles. The molecule has 11 aromatic rings. The number of para-hydroxylation sites is 3. The second-order valence-electron chi connectivity index (χ2n) is 12.9. The number of hydrogen-bond acceptors (Lipinski definition) is 1. The van der Waals surface area contributed by atoms with E-state index in [0.29, 0.717) is 0 Å². The summed E-state index contributed by atoms with van der Waals surface area (Å²) in [5.74, 6) is 0. The molecule has 0 saturated carbocycles. The molecule has 3 nitrogen and oxygen atoms in total. The highest BCUT2D eigenvalue weighted by atomic mass is 16.3. The van der Waals surface area contributed by atoms with E-state index in [9.17, 15) is 0 Å². The van der Waals surface area contributed by atoms with Crippen molar-refractivity contribution in [2.45, 2.75) is 0 Å². The van der Waals surface area contributed by atoms with Gasteiger partial charge in [-0.1, -0.05) is 121 Å². The molecule has 3 heterocycles. The van der Waals surface area contributed by atoms with Gasteiger partial charge in [-0.15, -0.1) is 0 Å². The molecule has 0 atom stereocenters. The van der Waals surface area contributed by atoms with Crippen LogP contribution in [0.3, 0.4) is 0 Å². The quantitative estimate of drug-likeness (QED) is 0.192. The monoisotopic (exact) mass is 624 g/mol. The van der Waals surface area contributed by atoms with Crippen molar-refractivity contribution in [1.29, 1.82) is 0 Å². The second kappa shape index (κ2) is 9.96. The maximum Gasteiger partial charge on any atom is 0.137 e. The summed E-state index contributed by atoms with van der Waals surface area (Å²) < 4.78 is 11.3. The minimum atomic E-state index is 0.890. The fraction of sp³-hybridized carbons (Fsp3) is 0. The van der Waals surface area contributed by atoms with Crippen LogP contribution in [-0.4, -0.2) is 9.13 Å². The molecule has 0 unspecified atom stereocenters. The predicted molar refractivity (Wildman–Crippen MR) is 205 cm³/mol. The average Bonchev–Trinajstić information content (AvgIpc) is 3.83. The van der Waals surface area contributed by atoms with Gasteiger partial charge in [0.2, 0.25) is 0 Å². The van der Waals surface area contributed by atoms with Gasteiger partial charge >= 0.3 is 0 Å². The first-order chi connectivity index (χ1) is 24.3. The number of furan rings is 1. The van der Waals surface area contributed by atoms with E-state index >= 15 is 0 Å². The van der Waals surface area contributed by atoms with E-state index in [2.05, 4.69) is 173 Å². The third-order valence-corrected chi connectivity index (χ3v) is 10.3. The summed E-state index contributed by atoms with van der Waals surface area (Å²) in [5.41, 5.74) is 11.2. The van der Waals surface area contributed by atoms with Crippen LogP contribution >= 0.6 is 0 Å². The molecule has 11 rings (SSSR count). The number of aromatic nitrogens is 2.